The van der Waals surface area contributed by atoms with Crippen LogP contribution in [-0.2, 0) is 4.74 Å². The number of benzene rings is 2. The van der Waals surface area contributed by atoms with E-state index in [-0.39, 0.29) is 5.11 Å². The van der Waals surface area contributed by atoms with Gasteiger partial charge in [0.2, 0.25) is 0 Å². The van der Waals surface area contributed by atoms with Crippen molar-refractivity contribution in [1.82, 2.24) is 5.32 Å². The molecule has 0 aliphatic heterocycles. The van der Waals surface area contributed by atoms with Crippen LogP contribution in [0.3, 0.4) is 0 Å². The third kappa shape index (κ3) is 5.57. The molecule has 0 fully saturated rings. The number of nitrogens with one attached hydrogen (secondary N) is 2. The highest BCUT2D eigenvalue weighted by Crippen LogP contribution is 2.29. The average Bonchev–Trinajstić information content (AvgIpc) is 2.59. The molecule has 0 atom stereocenters. The quantitative estimate of drug-likeness (QED) is 0.565. The maximum Gasteiger partial charge on any atom is 0.261 e. The van der Waals surface area contributed by atoms with E-state index in [0.717, 1.165) is 0 Å². The van der Waals surface area contributed by atoms with Gasteiger partial charge in [0, 0.05) is 7.11 Å². The van der Waals surface area contributed by atoms with Gasteiger partial charge in [-0.05, 0) is 36.5 Å². The van der Waals surface area contributed by atoms with E-state index in [9.17, 15) is 4.79 Å². The summed E-state index contributed by atoms with van der Waals surface area (Å²) in [6.45, 7) is 0.755. The summed E-state index contributed by atoms with van der Waals surface area (Å²) < 4.78 is 10.5. The smallest absolute Gasteiger partial charge is 0.261 e. The molecule has 8 heteroatoms. The van der Waals surface area contributed by atoms with Crippen molar-refractivity contribution in [2.24, 2.45) is 0 Å². The number of para-hydroxylation sites is 1. The molecule has 25 heavy (non-hydrogen) atoms. The molecule has 0 aromatic heterocycles. The minimum atomic E-state index is -0.399. The third-order valence-corrected chi connectivity index (χ3v) is 4.13. The lowest BCUT2D eigenvalue weighted by Gasteiger charge is -2.13. The molecule has 0 aliphatic rings. The van der Waals surface area contributed by atoms with Crippen LogP contribution in [0.5, 0.6) is 5.75 Å². The summed E-state index contributed by atoms with van der Waals surface area (Å²) in [7, 11) is 1.58. The Balaban J connectivity index is 2.04. The Kier molecular flexibility index (Phi) is 7.46. The molecule has 2 aromatic rings. The van der Waals surface area contributed by atoms with Gasteiger partial charge in [0.25, 0.3) is 5.91 Å². The van der Waals surface area contributed by atoms with E-state index in [1.807, 2.05) is 0 Å². The third-order valence-electron chi connectivity index (χ3n) is 3.10. The molecule has 132 valence electrons. The minimum Gasteiger partial charge on any atom is -0.490 e. The fraction of sp³-hybridized carbons (Fsp3) is 0.176. The van der Waals surface area contributed by atoms with Crippen molar-refractivity contribution in [3.63, 3.8) is 0 Å². The lowest BCUT2D eigenvalue weighted by atomic mass is 10.2. The SMILES string of the molecule is COCCOc1ccccc1C(=O)NC(=S)Nc1cccc(Cl)c1Cl. The molecule has 0 saturated carbocycles. The summed E-state index contributed by atoms with van der Waals surface area (Å²) in [5.41, 5.74) is 0.865. The molecular formula is C17H16Cl2N2O3S. The van der Waals surface area contributed by atoms with Gasteiger partial charge in [-0.1, -0.05) is 41.4 Å². The largest absolute Gasteiger partial charge is 0.490 e. The lowest BCUT2D eigenvalue weighted by molar-refractivity contribution is 0.0970. The van der Waals surface area contributed by atoms with E-state index in [2.05, 4.69) is 10.6 Å². The number of hydrogen-bond donors (Lipinski definition) is 2. The van der Waals surface area contributed by atoms with Crippen LogP contribution in [-0.4, -0.2) is 31.3 Å². The van der Waals surface area contributed by atoms with E-state index in [0.29, 0.717) is 40.3 Å². The molecule has 0 spiro atoms. The molecule has 2 N–H and O–H groups in total. The Morgan fingerprint density at radius 2 is 1.88 bits per heavy atom. The van der Waals surface area contributed by atoms with E-state index in [1.165, 1.54) is 0 Å². The molecule has 2 aromatic carbocycles. The average molecular weight is 399 g/mol. The maximum absolute atomic E-state index is 12.4. The monoisotopic (exact) mass is 398 g/mol. The number of anilines is 1. The van der Waals surface area contributed by atoms with Crippen molar-refractivity contribution < 1.29 is 14.3 Å². The number of thiocarbonyl (C=S) groups is 1. The van der Waals surface area contributed by atoms with Crippen molar-refractivity contribution in [3.8, 4) is 5.75 Å². The van der Waals surface area contributed by atoms with Gasteiger partial charge in [-0.3, -0.25) is 10.1 Å². The first-order valence-corrected chi connectivity index (χ1v) is 8.46. The van der Waals surface area contributed by atoms with E-state index in [4.69, 9.17) is 44.9 Å². The number of amides is 1. The first kappa shape index (κ1) is 19.5. The van der Waals surface area contributed by atoms with Gasteiger partial charge in [0.1, 0.15) is 12.4 Å². The second kappa shape index (κ2) is 9.58. The molecule has 0 aliphatic carbocycles. The van der Waals surface area contributed by atoms with Crippen molar-refractivity contribution in [2.75, 3.05) is 25.6 Å². The molecule has 0 radical (unpaired) electrons. The van der Waals surface area contributed by atoms with Crippen molar-refractivity contribution in [1.29, 1.82) is 0 Å². The molecule has 2 rings (SSSR count). The zero-order chi connectivity index (χ0) is 18.2. The summed E-state index contributed by atoms with van der Waals surface area (Å²) in [5, 5.41) is 6.24. The highest BCUT2D eigenvalue weighted by Gasteiger charge is 2.14. The van der Waals surface area contributed by atoms with Crippen LogP contribution in [0.2, 0.25) is 10.0 Å². The van der Waals surface area contributed by atoms with E-state index < -0.39 is 5.91 Å². The molecule has 0 saturated heterocycles. The van der Waals surface area contributed by atoms with Crippen LogP contribution in [0.25, 0.3) is 0 Å². The maximum atomic E-state index is 12.4. The minimum absolute atomic E-state index is 0.0980. The van der Waals surface area contributed by atoms with Crippen LogP contribution in [0, 0.1) is 0 Å². The van der Waals surface area contributed by atoms with Gasteiger partial charge in [0.15, 0.2) is 5.11 Å². The summed E-state index contributed by atoms with van der Waals surface area (Å²) in [6.07, 6.45) is 0. The zero-order valence-electron chi connectivity index (χ0n) is 13.3. The lowest BCUT2D eigenvalue weighted by Crippen LogP contribution is -2.34. The van der Waals surface area contributed by atoms with Gasteiger partial charge in [-0.25, -0.2) is 0 Å². The highest BCUT2D eigenvalue weighted by molar-refractivity contribution is 7.80. The van der Waals surface area contributed by atoms with Crippen LogP contribution >= 0.6 is 35.4 Å². The Morgan fingerprint density at radius 1 is 1.12 bits per heavy atom. The fourth-order valence-electron chi connectivity index (χ4n) is 1.94. The highest BCUT2D eigenvalue weighted by atomic mass is 35.5. The van der Waals surface area contributed by atoms with E-state index in [1.54, 1.807) is 49.6 Å². The second-order valence-corrected chi connectivity index (χ2v) is 6.04. The van der Waals surface area contributed by atoms with Crippen LogP contribution in [0.1, 0.15) is 10.4 Å². The second-order valence-electron chi connectivity index (χ2n) is 4.85. The van der Waals surface area contributed by atoms with Crippen LogP contribution in [0.4, 0.5) is 5.69 Å². The molecule has 5 nitrogen and oxygen atoms in total. The van der Waals surface area contributed by atoms with Gasteiger partial charge in [-0.15, -0.1) is 0 Å². The summed E-state index contributed by atoms with van der Waals surface area (Å²) in [4.78, 5) is 12.4. The normalized spacial score (nSPS) is 10.2. The number of ether oxygens (including phenoxy) is 2. The Bertz CT molecular complexity index is 771. The Labute approximate surface area is 161 Å². The van der Waals surface area contributed by atoms with Gasteiger partial charge in [-0.2, -0.15) is 0 Å². The molecule has 0 bridgehead atoms. The topological polar surface area (TPSA) is 59.6 Å². The molecule has 0 heterocycles. The Hall–Kier alpha value is -1.86. The number of methoxy groups -OCH3 is 1. The van der Waals surface area contributed by atoms with Crippen LogP contribution in [0.15, 0.2) is 42.5 Å². The first-order valence-electron chi connectivity index (χ1n) is 7.30. The van der Waals surface area contributed by atoms with Crippen molar-refractivity contribution >= 4 is 52.1 Å². The number of carbonyl (C=O) groups is 1. The van der Waals surface area contributed by atoms with Crippen molar-refractivity contribution in [2.45, 2.75) is 0 Å². The number of halogens is 2. The zero-order valence-corrected chi connectivity index (χ0v) is 15.7. The standard InChI is InChI=1S/C17H16Cl2N2O3S/c1-23-9-10-24-14-8-3-2-5-11(14)16(22)21-17(25)20-13-7-4-6-12(18)15(13)19/h2-8H,9-10H2,1H3,(H2,20,21,22,25). The predicted octanol–water partition coefficient (Wildman–Crippen LogP) is 4.15. The van der Waals surface area contributed by atoms with Crippen molar-refractivity contribution in [3.05, 3.63) is 58.1 Å². The Morgan fingerprint density at radius 3 is 2.64 bits per heavy atom. The van der Waals surface area contributed by atoms with Gasteiger partial charge < -0.3 is 14.8 Å². The fourth-order valence-corrected chi connectivity index (χ4v) is 2.49. The van der Waals surface area contributed by atoms with Crippen LogP contribution < -0.4 is 15.4 Å². The predicted molar refractivity (Wildman–Crippen MR) is 104 cm³/mol. The number of carbonyl (C=O) groups excluding carboxylic acids is 1. The first-order chi connectivity index (χ1) is 12.0. The van der Waals surface area contributed by atoms with Gasteiger partial charge in [0.05, 0.1) is 27.9 Å². The van der Waals surface area contributed by atoms with Gasteiger partial charge >= 0.3 is 0 Å². The molecule has 1 amide bonds. The molecular weight excluding hydrogens is 383 g/mol. The number of rotatable bonds is 6. The summed E-state index contributed by atoms with van der Waals surface area (Å²) in [6, 6.07) is 11.9. The summed E-state index contributed by atoms with van der Waals surface area (Å²) in [5.74, 6) is 0.0457. The number of hydrogen-bond acceptors (Lipinski definition) is 4. The summed E-state index contributed by atoms with van der Waals surface area (Å²) >= 11 is 17.2. The van der Waals surface area contributed by atoms with E-state index >= 15 is 0 Å². The molecule has 0 unspecified atom stereocenters.